The number of piperidine rings is 1. The number of aliphatic hydroxyl groups is 1. The average molecular weight is 287 g/mol. The first-order chi connectivity index (χ1) is 10.2. The maximum Gasteiger partial charge on any atom is 0.254 e. The Bertz CT molecular complexity index is 518. The van der Waals surface area contributed by atoms with Gasteiger partial charge in [-0.2, -0.15) is 0 Å². The highest BCUT2D eigenvalue weighted by Gasteiger charge is 2.29. The van der Waals surface area contributed by atoms with Crippen molar-refractivity contribution in [1.29, 1.82) is 0 Å². The molecule has 2 unspecified atom stereocenters. The van der Waals surface area contributed by atoms with Gasteiger partial charge in [-0.3, -0.25) is 4.79 Å². The lowest BCUT2D eigenvalue weighted by atomic mass is 9.93. The molecular weight excluding hydrogens is 266 g/mol. The van der Waals surface area contributed by atoms with Crippen LogP contribution in [-0.4, -0.2) is 41.7 Å². The fraction of sp³-hybridized carbons (Fsp3) is 0.471. The van der Waals surface area contributed by atoms with Crippen molar-refractivity contribution in [2.45, 2.75) is 25.8 Å². The van der Waals surface area contributed by atoms with Crippen LogP contribution in [0.2, 0.25) is 0 Å². The monoisotopic (exact) mass is 287 g/mol. The topological polar surface area (TPSA) is 49.8 Å². The number of likely N-dealkylation sites (tertiary alicyclic amines) is 1. The summed E-state index contributed by atoms with van der Waals surface area (Å²) in [4.78, 5) is 14.4. The molecule has 0 bridgehead atoms. The van der Waals surface area contributed by atoms with E-state index in [2.05, 4.69) is 12.8 Å². The third-order valence-electron chi connectivity index (χ3n) is 3.92. The van der Waals surface area contributed by atoms with Crippen molar-refractivity contribution >= 4 is 5.91 Å². The maximum atomic E-state index is 12.6. The first-order valence-electron chi connectivity index (χ1n) is 7.24. The van der Waals surface area contributed by atoms with Gasteiger partial charge in [0, 0.05) is 24.8 Å². The summed E-state index contributed by atoms with van der Waals surface area (Å²) < 4.78 is 5.30. The molecule has 0 radical (unpaired) electrons. The molecule has 112 valence electrons. The van der Waals surface area contributed by atoms with Gasteiger partial charge in [-0.15, -0.1) is 6.42 Å². The van der Waals surface area contributed by atoms with Crippen molar-refractivity contribution in [3.05, 3.63) is 29.8 Å². The molecule has 0 aliphatic carbocycles. The lowest BCUT2D eigenvalue weighted by molar-refractivity contribution is 0.0489. The number of rotatable bonds is 4. The van der Waals surface area contributed by atoms with Gasteiger partial charge in [0.15, 0.2) is 0 Å². The Kier molecular flexibility index (Phi) is 5.24. The van der Waals surface area contributed by atoms with E-state index in [1.54, 1.807) is 24.3 Å². The molecule has 1 aliphatic heterocycles. The highest BCUT2D eigenvalue weighted by Crippen LogP contribution is 2.24. The van der Waals surface area contributed by atoms with E-state index in [1.165, 1.54) is 0 Å². The molecule has 0 saturated carbocycles. The Balaban J connectivity index is 2.06. The predicted octanol–water partition coefficient (Wildman–Crippen LogP) is 1.93. The minimum absolute atomic E-state index is 0.00384. The standard InChI is InChI=1S/C17H21NO3/c1-3-10-21-16-8-6-15(7-9-16)17(20)18-11-14(12-19)5-4-13(18)2/h1,6-9,13-14,19H,4-5,10-12H2,2H3. The van der Waals surface area contributed by atoms with Gasteiger partial charge < -0.3 is 14.7 Å². The Morgan fingerprint density at radius 1 is 1.43 bits per heavy atom. The Hall–Kier alpha value is -1.99. The number of aliphatic hydroxyl groups excluding tert-OH is 1. The van der Waals surface area contributed by atoms with E-state index >= 15 is 0 Å². The van der Waals surface area contributed by atoms with E-state index < -0.39 is 0 Å². The molecule has 1 amide bonds. The van der Waals surface area contributed by atoms with Crippen LogP contribution >= 0.6 is 0 Å². The Morgan fingerprint density at radius 2 is 2.14 bits per heavy atom. The van der Waals surface area contributed by atoms with E-state index in [9.17, 15) is 9.90 Å². The zero-order valence-corrected chi connectivity index (χ0v) is 12.3. The van der Waals surface area contributed by atoms with Crippen LogP contribution in [0.3, 0.4) is 0 Å². The number of terminal acetylenes is 1. The molecule has 1 aromatic rings. The third-order valence-corrected chi connectivity index (χ3v) is 3.92. The third kappa shape index (κ3) is 3.77. The summed E-state index contributed by atoms with van der Waals surface area (Å²) in [6.45, 7) is 3.02. The molecule has 1 heterocycles. The van der Waals surface area contributed by atoms with Gasteiger partial charge in [-0.1, -0.05) is 5.92 Å². The zero-order valence-electron chi connectivity index (χ0n) is 12.3. The first kappa shape index (κ1) is 15.4. The fourth-order valence-electron chi connectivity index (χ4n) is 2.60. The van der Waals surface area contributed by atoms with Crippen LogP contribution in [0.1, 0.15) is 30.1 Å². The van der Waals surface area contributed by atoms with Crippen LogP contribution in [0.5, 0.6) is 5.75 Å². The van der Waals surface area contributed by atoms with Crippen molar-refractivity contribution in [1.82, 2.24) is 4.90 Å². The van der Waals surface area contributed by atoms with Crippen molar-refractivity contribution in [3.63, 3.8) is 0 Å². The summed E-state index contributed by atoms with van der Waals surface area (Å²) in [5.41, 5.74) is 0.633. The van der Waals surface area contributed by atoms with E-state index in [4.69, 9.17) is 11.2 Å². The number of ether oxygens (including phenoxy) is 1. The van der Waals surface area contributed by atoms with Crippen LogP contribution in [0, 0.1) is 18.3 Å². The molecule has 1 aromatic carbocycles. The quantitative estimate of drug-likeness (QED) is 0.861. The highest BCUT2D eigenvalue weighted by molar-refractivity contribution is 5.94. The van der Waals surface area contributed by atoms with Crippen LogP contribution in [0.25, 0.3) is 0 Å². The van der Waals surface area contributed by atoms with Crippen LogP contribution in [-0.2, 0) is 0 Å². The first-order valence-corrected chi connectivity index (χ1v) is 7.24. The van der Waals surface area contributed by atoms with E-state index in [0.29, 0.717) is 17.9 Å². The van der Waals surface area contributed by atoms with Crippen LogP contribution in [0.15, 0.2) is 24.3 Å². The summed E-state index contributed by atoms with van der Waals surface area (Å²) in [5, 5.41) is 9.30. The number of carbonyl (C=O) groups excluding carboxylic acids is 1. The molecule has 21 heavy (non-hydrogen) atoms. The molecule has 4 heteroatoms. The fourth-order valence-corrected chi connectivity index (χ4v) is 2.60. The Morgan fingerprint density at radius 3 is 2.76 bits per heavy atom. The zero-order chi connectivity index (χ0) is 15.2. The molecule has 1 N–H and O–H groups in total. The lowest BCUT2D eigenvalue weighted by Crippen LogP contribution is -2.46. The van der Waals surface area contributed by atoms with Gasteiger partial charge in [0.25, 0.3) is 5.91 Å². The number of benzene rings is 1. The van der Waals surface area contributed by atoms with E-state index in [1.807, 2.05) is 4.90 Å². The van der Waals surface area contributed by atoms with Crippen molar-refractivity contribution in [2.24, 2.45) is 5.92 Å². The molecule has 1 fully saturated rings. The molecule has 4 nitrogen and oxygen atoms in total. The van der Waals surface area contributed by atoms with Crippen molar-refractivity contribution < 1.29 is 14.6 Å². The number of hydrogen-bond acceptors (Lipinski definition) is 3. The lowest BCUT2D eigenvalue weighted by Gasteiger charge is -2.37. The number of amides is 1. The second-order valence-electron chi connectivity index (χ2n) is 5.45. The van der Waals surface area contributed by atoms with Gasteiger partial charge in [0.1, 0.15) is 12.4 Å². The summed E-state index contributed by atoms with van der Waals surface area (Å²) in [6, 6.07) is 7.22. The molecule has 2 rings (SSSR count). The summed E-state index contributed by atoms with van der Waals surface area (Å²) >= 11 is 0. The molecular formula is C17H21NO3. The number of nitrogens with zero attached hydrogens (tertiary/aromatic N) is 1. The second kappa shape index (κ2) is 7.14. The van der Waals surface area contributed by atoms with Gasteiger partial charge in [0.05, 0.1) is 0 Å². The minimum atomic E-state index is 0.00384. The van der Waals surface area contributed by atoms with Crippen molar-refractivity contribution in [3.8, 4) is 18.1 Å². The maximum absolute atomic E-state index is 12.6. The summed E-state index contributed by atoms with van der Waals surface area (Å²) in [5.74, 6) is 3.25. The average Bonchev–Trinajstić information content (AvgIpc) is 2.53. The van der Waals surface area contributed by atoms with Gasteiger partial charge in [-0.05, 0) is 49.9 Å². The molecule has 0 spiro atoms. The number of carbonyl (C=O) groups is 1. The highest BCUT2D eigenvalue weighted by atomic mass is 16.5. The van der Waals surface area contributed by atoms with Crippen LogP contribution in [0.4, 0.5) is 0 Å². The predicted molar refractivity (Wildman–Crippen MR) is 81.1 cm³/mol. The van der Waals surface area contributed by atoms with E-state index in [-0.39, 0.29) is 31.1 Å². The van der Waals surface area contributed by atoms with Gasteiger partial charge >= 0.3 is 0 Å². The molecule has 0 aromatic heterocycles. The normalized spacial score (nSPS) is 21.7. The largest absolute Gasteiger partial charge is 0.481 e. The number of hydrogen-bond donors (Lipinski definition) is 1. The van der Waals surface area contributed by atoms with Crippen LogP contribution < -0.4 is 4.74 Å². The Labute approximate surface area is 125 Å². The van der Waals surface area contributed by atoms with Gasteiger partial charge in [0.2, 0.25) is 0 Å². The second-order valence-corrected chi connectivity index (χ2v) is 5.45. The SMILES string of the molecule is C#CCOc1ccc(C(=O)N2CC(CO)CCC2C)cc1. The molecule has 1 aliphatic rings. The van der Waals surface area contributed by atoms with Gasteiger partial charge in [-0.25, -0.2) is 0 Å². The van der Waals surface area contributed by atoms with E-state index in [0.717, 1.165) is 12.8 Å². The van der Waals surface area contributed by atoms with Crippen molar-refractivity contribution in [2.75, 3.05) is 19.8 Å². The smallest absolute Gasteiger partial charge is 0.254 e. The molecule has 2 atom stereocenters. The molecule has 1 saturated heterocycles. The minimum Gasteiger partial charge on any atom is -0.481 e. The summed E-state index contributed by atoms with van der Waals surface area (Å²) in [6.07, 6.45) is 7.04. The summed E-state index contributed by atoms with van der Waals surface area (Å²) in [7, 11) is 0.